The smallest absolute Gasteiger partial charge is 0.265 e. The van der Waals surface area contributed by atoms with Gasteiger partial charge in [-0.05, 0) is 45.8 Å². The molecule has 0 aromatic heterocycles. The third-order valence-electron chi connectivity index (χ3n) is 3.13. The molecule has 2 aromatic rings. The molecule has 0 radical (unpaired) electrons. The van der Waals surface area contributed by atoms with Crippen LogP contribution in [0, 0.1) is 0 Å². The Balaban J connectivity index is 1.72. The van der Waals surface area contributed by atoms with Gasteiger partial charge in [0.15, 0.2) is 6.10 Å². The Morgan fingerprint density at radius 2 is 2.10 bits per heavy atom. The normalized spacial score (nSPS) is 16.4. The number of hydrogen-bond donors (Lipinski definition) is 1. The van der Waals surface area contributed by atoms with Crippen molar-refractivity contribution in [2.24, 2.45) is 0 Å². The number of carbonyl (C=O) groups is 1. The lowest BCUT2D eigenvalue weighted by Gasteiger charge is -2.12. The summed E-state index contributed by atoms with van der Waals surface area (Å²) in [6, 6.07) is 12.9. The van der Waals surface area contributed by atoms with E-state index in [0.29, 0.717) is 17.1 Å². The van der Waals surface area contributed by atoms with Gasteiger partial charge in [0.25, 0.3) is 5.91 Å². The van der Waals surface area contributed by atoms with Gasteiger partial charge in [-0.2, -0.15) is 0 Å². The molecule has 0 aliphatic carbocycles. The molecule has 3 nitrogen and oxygen atoms in total. The summed E-state index contributed by atoms with van der Waals surface area (Å²) in [6.07, 6.45) is 0.0997. The number of para-hydroxylation sites is 1. The first-order valence-corrected chi connectivity index (χ1v) is 7.31. The van der Waals surface area contributed by atoms with Gasteiger partial charge in [-0.25, -0.2) is 0 Å². The van der Waals surface area contributed by atoms with E-state index in [-0.39, 0.29) is 5.91 Å². The molecule has 1 atom stereocenters. The molecular formula is C15H11BrClNO2. The summed E-state index contributed by atoms with van der Waals surface area (Å²) < 4.78 is 6.40. The van der Waals surface area contributed by atoms with Crippen molar-refractivity contribution in [2.75, 3.05) is 5.32 Å². The zero-order valence-electron chi connectivity index (χ0n) is 10.4. The first kappa shape index (κ1) is 13.5. The quantitative estimate of drug-likeness (QED) is 0.885. The molecule has 2 aromatic carbocycles. The molecular weight excluding hydrogens is 342 g/mol. The van der Waals surface area contributed by atoms with Gasteiger partial charge in [0.2, 0.25) is 0 Å². The largest absolute Gasteiger partial charge is 0.480 e. The second-order valence-corrected chi connectivity index (χ2v) is 5.82. The van der Waals surface area contributed by atoms with E-state index in [1.165, 1.54) is 0 Å². The lowest BCUT2D eigenvalue weighted by molar-refractivity contribution is -0.122. The zero-order chi connectivity index (χ0) is 14.1. The minimum Gasteiger partial charge on any atom is -0.480 e. The lowest BCUT2D eigenvalue weighted by Crippen LogP contribution is -2.31. The van der Waals surface area contributed by atoms with Crippen molar-refractivity contribution in [3.63, 3.8) is 0 Å². The van der Waals surface area contributed by atoms with E-state index >= 15 is 0 Å². The van der Waals surface area contributed by atoms with Crippen LogP contribution in [0.4, 0.5) is 5.69 Å². The topological polar surface area (TPSA) is 38.3 Å². The number of rotatable bonds is 2. The van der Waals surface area contributed by atoms with Gasteiger partial charge in [-0.3, -0.25) is 4.79 Å². The highest BCUT2D eigenvalue weighted by atomic mass is 79.9. The standard InChI is InChI=1S/C15H11BrClNO2/c16-11-8-10(17)5-6-12(11)18-15(19)14-7-9-3-1-2-4-13(9)20-14/h1-6,8,14H,7H2,(H,18,19). The molecule has 0 bridgehead atoms. The summed E-state index contributed by atoms with van der Waals surface area (Å²) in [5.41, 5.74) is 1.74. The maximum Gasteiger partial charge on any atom is 0.265 e. The third kappa shape index (κ3) is 2.67. The van der Waals surface area contributed by atoms with Crippen LogP contribution in [0.1, 0.15) is 5.56 Å². The number of amides is 1. The molecule has 1 heterocycles. The van der Waals surface area contributed by atoms with Crippen LogP contribution >= 0.6 is 27.5 Å². The molecule has 20 heavy (non-hydrogen) atoms. The van der Waals surface area contributed by atoms with Gasteiger partial charge in [-0.15, -0.1) is 0 Å². The molecule has 0 fully saturated rings. The average molecular weight is 353 g/mol. The summed E-state index contributed by atoms with van der Waals surface area (Å²) in [5.74, 6) is 0.618. The van der Waals surface area contributed by atoms with Crippen LogP contribution in [0.2, 0.25) is 5.02 Å². The van der Waals surface area contributed by atoms with Gasteiger partial charge in [0, 0.05) is 15.9 Å². The van der Waals surface area contributed by atoms with Gasteiger partial charge in [0.1, 0.15) is 5.75 Å². The van der Waals surface area contributed by atoms with E-state index in [0.717, 1.165) is 15.8 Å². The SMILES string of the molecule is O=C(Nc1ccc(Cl)cc1Br)C1Cc2ccccc2O1. The summed E-state index contributed by atoms with van der Waals surface area (Å²) in [7, 11) is 0. The molecule has 1 N–H and O–H groups in total. The fraction of sp³-hybridized carbons (Fsp3) is 0.133. The Morgan fingerprint density at radius 1 is 1.30 bits per heavy atom. The highest BCUT2D eigenvalue weighted by Gasteiger charge is 2.29. The van der Waals surface area contributed by atoms with Gasteiger partial charge < -0.3 is 10.1 Å². The van der Waals surface area contributed by atoms with E-state index in [1.807, 2.05) is 24.3 Å². The van der Waals surface area contributed by atoms with E-state index in [2.05, 4.69) is 21.2 Å². The Bertz CT molecular complexity index is 650. The Kier molecular flexibility index (Phi) is 3.68. The summed E-state index contributed by atoms with van der Waals surface area (Å²) in [6.45, 7) is 0. The Morgan fingerprint density at radius 3 is 2.85 bits per heavy atom. The molecule has 102 valence electrons. The van der Waals surface area contributed by atoms with Crippen molar-refractivity contribution >= 4 is 39.1 Å². The Labute approximate surface area is 130 Å². The second kappa shape index (κ2) is 5.46. The number of fused-ring (bicyclic) bond motifs is 1. The van der Waals surface area contributed by atoms with Crippen LogP contribution in [0.25, 0.3) is 0 Å². The highest BCUT2D eigenvalue weighted by Crippen LogP contribution is 2.30. The maximum absolute atomic E-state index is 12.2. The number of hydrogen-bond acceptors (Lipinski definition) is 2. The zero-order valence-corrected chi connectivity index (χ0v) is 12.7. The van der Waals surface area contributed by atoms with Crippen molar-refractivity contribution in [1.29, 1.82) is 0 Å². The monoisotopic (exact) mass is 351 g/mol. The number of halogens is 2. The summed E-state index contributed by atoms with van der Waals surface area (Å²) in [5, 5.41) is 3.46. The van der Waals surface area contributed by atoms with Crippen molar-refractivity contribution in [1.82, 2.24) is 0 Å². The number of anilines is 1. The molecule has 1 aliphatic rings. The molecule has 5 heteroatoms. The Hall–Kier alpha value is -1.52. The predicted octanol–water partition coefficient (Wildman–Crippen LogP) is 4.04. The lowest BCUT2D eigenvalue weighted by atomic mass is 10.1. The van der Waals surface area contributed by atoms with Crippen molar-refractivity contribution in [2.45, 2.75) is 12.5 Å². The molecule has 1 unspecified atom stereocenters. The first-order valence-electron chi connectivity index (χ1n) is 6.14. The maximum atomic E-state index is 12.2. The van der Waals surface area contributed by atoms with Crippen LogP contribution in [0.15, 0.2) is 46.9 Å². The minimum atomic E-state index is -0.491. The number of ether oxygens (including phenoxy) is 1. The highest BCUT2D eigenvalue weighted by molar-refractivity contribution is 9.10. The third-order valence-corrected chi connectivity index (χ3v) is 4.02. The van der Waals surface area contributed by atoms with Crippen molar-refractivity contribution < 1.29 is 9.53 Å². The van der Waals surface area contributed by atoms with E-state index in [4.69, 9.17) is 16.3 Å². The first-order chi connectivity index (χ1) is 9.63. The minimum absolute atomic E-state index is 0.163. The number of benzene rings is 2. The van der Waals surface area contributed by atoms with E-state index in [9.17, 15) is 4.79 Å². The van der Waals surface area contributed by atoms with Gasteiger partial charge >= 0.3 is 0 Å². The van der Waals surface area contributed by atoms with Gasteiger partial charge in [-0.1, -0.05) is 29.8 Å². The molecule has 1 amide bonds. The fourth-order valence-electron chi connectivity index (χ4n) is 2.13. The van der Waals surface area contributed by atoms with Crippen LogP contribution in [-0.2, 0) is 11.2 Å². The van der Waals surface area contributed by atoms with Crippen LogP contribution in [0.5, 0.6) is 5.75 Å². The van der Waals surface area contributed by atoms with E-state index in [1.54, 1.807) is 18.2 Å². The van der Waals surface area contributed by atoms with Crippen molar-refractivity contribution in [3.8, 4) is 5.75 Å². The number of carbonyl (C=O) groups excluding carboxylic acids is 1. The average Bonchev–Trinajstić information content (AvgIpc) is 2.86. The predicted molar refractivity (Wildman–Crippen MR) is 82.3 cm³/mol. The molecule has 0 saturated carbocycles. The summed E-state index contributed by atoms with van der Waals surface area (Å²) in [4.78, 5) is 12.2. The molecule has 0 spiro atoms. The fourth-order valence-corrected chi connectivity index (χ4v) is 2.91. The number of nitrogens with one attached hydrogen (secondary N) is 1. The summed E-state index contributed by atoms with van der Waals surface area (Å²) >= 11 is 9.25. The van der Waals surface area contributed by atoms with Crippen molar-refractivity contribution in [3.05, 3.63) is 57.5 Å². The van der Waals surface area contributed by atoms with Crippen LogP contribution in [-0.4, -0.2) is 12.0 Å². The molecule has 3 rings (SSSR count). The van der Waals surface area contributed by atoms with Crippen LogP contribution in [0.3, 0.4) is 0 Å². The van der Waals surface area contributed by atoms with Crippen LogP contribution < -0.4 is 10.1 Å². The molecule has 0 saturated heterocycles. The van der Waals surface area contributed by atoms with E-state index < -0.39 is 6.10 Å². The van der Waals surface area contributed by atoms with Gasteiger partial charge in [0.05, 0.1) is 5.69 Å². The second-order valence-electron chi connectivity index (χ2n) is 4.53. The molecule has 1 aliphatic heterocycles.